The fourth-order valence-corrected chi connectivity index (χ4v) is 1.90. The minimum Gasteiger partial charge on any atom is -0.496 e. The van der Waals surface area contributed by atoms with Crippen LogP contribution in [-0.2, 0) is 16.1 Å². The van der Waals surface area contributed by atoms with Crippen molar-refractivity contribution in [3.8, 4) is 5.75 Å². The van der Waals surface area contributed by atoms with Crippen LogP contribution in [0.3, 0.4) is 0 Å². The summed E-state index contributed by atoms with van der Waals surface area (Å²) in [4.78, 5) is 22.0. The molecule has 6 heteroatoms. The van der Waals surface area contributed by atoms with E-state index in [2.05, 4.69) is 5.32 Å². The van der Waals surface area contributed by atoms with E-state index < -0.39 is 5.97 Å². The Bertz CT molecular complexity index is 618. The number of carboxylic acid groups (broad SMARTS) is 1. The number of hydrogen-bond acceptors (Lipinski definition) is 3. The fraction of sp³-hybridized carbons (Fsp3) is 0.231. The van der Waals surface area contributed by atoms with Crippen molar-refractivity contribution in [3.63, 3.8) is 0 Å². The molecule has 0 saturated heterocycles. The van der Waals surface area contributed by atoms with Gasteiger partial charge in [-0.3, -0.25) is 9.59 Å². The van der Waals surface area contributed by atoms with Crippen molar-refractivity contribution in [1.29, 1.82) is 0 Å². The molecule has 1 amide bonds. The molecule has 0 unspecified atom stereocenters. The standard InChI is InChI=1S/C13H14N2O4/c1-19-11-4-2-3-10-9(11)5-6-15(10)8-12(16)14-7-13(17)18/h2-6H,7-8H2,1H3,(H,14,16)(H,17,18). The zero-order valence-electron chi connectivity index (χ0n) is 10.4. The summed E-state index contributed by atoms with van der Waals surface area (Å²) in [5, 5.41) is 11.7. The van der Waals surface area contributed by atoms with Crippen LogP contribution in [-0.4, -0.2) is 35.2 Å². The Morgan fingerprint density at radius 3 is 2.84 bits per heavy atom. The van der Waals surface area contributed by atoms with E-state index in [1.807, 2.05) is 24.3 Å². The first-order chi connectivity index (χ1) is 9.11. The predicted octanol–water partition coefficient (Wildman–Crippen LogP) is 0.851. The lowest BCUT2D eigenvalue weighted by Crippen LogP contribution is -2.31. The molecule has 1 aromatic heterocycles. The van der Waals surface area contributed by atoms with Gasteiger partial charge in [0.2, 0.25) is 5.91 Å². The second-order valence-electron chi connectivity index (χ2n) is 4.01. The molecule has 2 rings (SSSR count). The predicted molar refractivity (Wildman–Crippen MR) is 69.1 cm³/mol. The molecule has 2 N–H and O–H groups in total. The molecule has 2 aromatic rings. The highest BCUT2D eigenvalue weighted by Gasteiger charge is 2.09. The van der Waals surface area contributed by atoms with Gasteiger partial charge >= 0.3 is 5.97 Å². The summed E-state index contributed by atoms with van der Waals surface area (Å²) in [7, 11) is 1.59. The Balaban J connectivity index is 2.17. The zero-order chi connectivity index (χ0) is 13.8. The third-order valence-corrected chi connectivity index (χ3v) is 2.74. The summed E-state index contributed by atoms with van der Waals surface area (Å²) >= 11 is 0. The topological polar surface area (TPSA) is 80.6 Å². The third kappa shape index (κ3) is 2.85. The van der Waals surface area contributed by atoms with Crippen LogP contribution in [0.5, 0.6) is 5.75 Å². The quantitative estimate of drug-likeness (QED) is 0.837. The Hall–Kier alpha value is -2.50. The zero-order valence-corrected chi connectivity index (χ0v) is 10.4. The van der Waals surface area contributed by atoms with Gasteiger partial charge in [0.1, 0.15) is 18.8 Å². The van der Waals surface area contributed by atoms with Crippen molar-refractivity contribution in [2.24, 2.45) is 0 Å². The molecule has 6 nitrogen and oxygen atoms in total. The van der Waals surface area contributed by atoms with E-state index in [1.165, 1.54) is 0 Å². The first kappa shape index (κ1) is 12.9. The summed E-state index contributed by atoms with van der Waals surface area (Å²) in [6, 6.07) is 7.42. The molecular weight excluding hydrogens is 248 g/mol. The van der Waals surface area contributed by atoms with Crippen LogP contribution in [0.15, 0.2) is 30.5 Å². The number of nitrogens with one attached hydrogen (secondary N) is 1. The van der Waals surface area contributed by atoms with Crippen molar-refractivity contribution in [1.82, 2.24) is 9.88 Å². The number of aromatic nitrogens is 1. The van der Waals surface area contributed by atoms with Gasteiger partial charge in [-0.1, -0.05) is 6.07 Å². The van der Waals surface area contributed by atoms with Gasteiger partial charge in [-0.25, -0.2) is 0 Å². The lowest BCUT2D eigenvalue weighted by Gasteiger charge is -2.06. The Morgan fingerprint density at radius 1 is 1.37 bits per heavy atom. The van der Waals surface area contributed by atoms with Crippen LogP contribution >= 0.6 is 0 Å². The van der Waals surface area contributed by atoms with E-state index >= 15 is 0 Å². The maximum absolute atomic E-state index is 11.6. The van der Waals surface area contributed by atoms with Gasteiger partial charge in [-0.2, -0.15) is 0 Å². The maximum atomic E-state index is 11.6. The van der Waals surface area contributed by atoms with Crippen LogP contribution in [0, 0.1) is 0 Å². The Morgan fingerprint density at radius 2 is 2.16 bits per heavy atom. The van der Waals surface area contributed by atoms with Crippen molar-refractivity contribution in [2.45, 2.75) is 6.54 Å². The summed E-state index contributed by atoms with van der Waals surface area (Å²) in [6.45, 7) is -0.300. The molecule has 0 aliphatic carbocycles. The van der Waals surface area contributed by atoms with E-state index in [9.17, 15) is 9.59 Å². The SMILES string of the molecule is COc1cccc2c1ccn2CC(=O)NCC(=O)O. The lowest BCUT2D eigenvalue weighted by molar-refractivity contribution is -0.138. The molecule has 0 radical (unpaired) electrons. The largest absolute Gasteiger partial charge is 0.496 e. The summed E-state index contributed by atoms with van der Waals surface area (Å²) in [5.41, 5.74) is 0.866. The fourth-order valence-electron chi connectivity index (χ4n) is 1.90. The molecule has 0 fully saturated rings. The van der Waals surface area contributed by atoms with Gasteiger partial charge in [-0.05, 0) is 18.2 Å². The monoisotopic (exact) mass is 262 g/mol. The van der Waals surface area contributed by atoms with Crippen LogP contribution < -0.4 is 10.1 Å². The summed E-state index contributed by atoms with van der Waals surface area (Å²) < 4.78 is 6.98. The van der Waals surface area contributed by atoms with Gasteiger partial charge in [-0.15, -0.1) is 0 Å². The number of rotatable bonds is 5. The van der Waals surface area contributed by atoms with Crippen LogP contribution in [0.2, 0.25) is 0 Å². The van der Waals surface area contributed by atoms with E-state index in [0.717, 1.165) is 16.7 Å². The number of carbonyl (C=O) groups is 2. The highest BCUT2D eigenvalue weighted by Crippen LogP contribution is 2.25. The minimum atomic E-state index is -1.06. The van der Waals surface area contributed by atoms with Crippen molar-refractivity contribution >= 4 is 22.8 Å². The lowest BCUT2D eigenvalue weighted by atomic mass is 10.2. The van der Waals surface area contributed by atoms with Gasteiger partial charge in [0.05, 0.1) is 12.6 Å². The smallest absolute Gasteiger partial charge is 0.322 e. The molecule has 0 saturated carbocycles. The van der Waals surface area contributed by atoms with Crippen LogP contribution in [0.25, 0.3) is 10.9 Å². The van der Waals surface area contributed by atoms with Crippen molar-refractivity contribution in [3.05, 3.63) is 30.5 Å². The molecule has 1 aromatic carbocycles. The Kier molecular flexibility index (Phi) is 3.70. The summed E-state index contributed by atoms with van der Waals surface area (Å²) in [5.74, 6) is -0.669. The minimum absolute atomic E-state index is 0.0734. The molecule has 1 heterocycles. The molecule has 100 valence electrons. The van der Waals surface area contributed by atoms with E-state index in [4.69, 9.17) is 9.84 Å². The number of methoxy groups -OCH3 is 1. The molecule has 0 aliphatic heterocycles. The molecule has 0 aliphatic rings. The van der Waals surface area contributed by atoms with Crippen LogP contribution in [0.4, 0.5) is 0 Å². The van der Waals surface area contributed by atoms with Gasteiger partial charge in [0, 0.05) is 11.6 Å². The highest BCUT2D eigenvalue weighted by molar-refractivity contribution is 5.88. The van der Waals surface area contributed by atoms with Gasteiger partial charge < -0.3 is 19.7 Å². The number of ether oxygens (including phenoxy) is 1. The van der Waals surface area contributed by atoms with Crippen LogP contribution in [0.1, 0.15) is 0 Å². The average Bonchev–Trinajstić information content (AvgIpc) is 2.79. The second-order valence-corrected chi connectivity index (χ2v) is 4.01. The number of benzene rings is 1. The van der Waals surface area contributed by atoms with E-state index in [-0.39, 0.29) is 19.0 Å². The number of nitrogens with zero attached hydrogens (tertiary/aromatic N) is 1. The van der Waals surface area contributed by atoms with E-state index in [0.29, 0.717) is 0 Å². The normalized spacial score (nSPS) is 10.4. The number of carbonyl (C=O) groups excluding carboxylic acids is 1. The third-order valence-electron chi connectivity index (χ3n) is 2.74. The molecule has 0 spiro atoms. The first-order valence-corrected chi connectivity index (χ1v) is 5.72. The maximum Gasteiger partial charge on any atom is 0.322 e. The van der Waals surface area contributed by atoms with E-state index in [1.54, 1.807) is 17.9 Å². The molecular formula is C13H14N2O4. The molecule has 0 atom stereocenters. The average molecular weight is 262 g/mol. The van der Waals surface area contributed by atoms with Crippen molar-refractivity contribution in [2.75, 3.05) is 13.7 Å². The molecule has 0 bridgehead atoms. The highest BCUT2D eigenvalue weighted by atomic mass is 16.5. The summed E-state index contributed by atoms with van der Waals surface area (Å²) in [6.07, 6.45) is 1.77. The van der Waals surface area contributed by atoms with Crippen molar-refractivity contribution < 1.29 is 19.4 Å². The number of amides is 1. The number of aliphatic carboxylic acids is 1. The van der Waals surface area contributed by atoms with Gasteiger partial charge in [0.15, 0.2) is 0 Å². The molecule has 19 heavy (non-hydrogen) atoms. The number of fused-ring (bicyclic) bond motifs is 1. The number of hydrogen-bond donors (Lipinski definition) is 2. The number of carboxylic acids is 1. The second kappa shape index (κ2) is 5.43. The van der Waals surface area contributed by atoms with Gasteiger partial charge in [0.25, 0.3) is 0 Å². The Labute approximate surface area is 109 Å². The first-order valence-electron chi connectivity index (χ1n) is 5.72.